The van der Waals surface area contributed by atoms with Crippen molar-refractivity contribution in [3.63, 3.8) is 0 Å². The molecular weight excluding hydrogens is 257 g/mol. The molecule has 0 aromatic carbocycles. The molecule has 0 aliphatic heterocycles. The lowest BCUT2D eigenvalue weighted by molar-refractivity contribution is -0.0801. The second-order valence-electron chi connectivity index (χ2n) is 5.53. The maximum absolute atomic E-state index is 12.0. The van der Waals surface area contributed by atoms with Gasteiger partial charge in [-0.05, 0) is 32.5 Å². The summed E-state index contributed by atoms with van der Waals surface area (Å²) in [6, 6.07) is 0. The molecule has 0 saturated carbocycles. The average molecular weight is 282 g/mol. The summed E-state index contributed by atoms with van der Waals surface area (Å²) in [6.45, 7) is 8.30. The summed E-state index contributed by atoms with van der Waals surface area (Å²) in [4.78, 5) is 0. The van der Waals surface area contributed by atoms with Crippen LogP contribution < -0.4 is 0 Å². The number of alkyl halides is 3. The van der Waals surface area contributed by atoms with E-state index >= 15 is 0 Å². The first kappa shape index (κ1) is 17.7. The highest BCUT2D eigenvalue weighted by Crippen LogP contribution is 2.20. The molecule has 108 valence electrons. The molecule has 5 heteroatoms. The Balaban J connectivity index is 4.25. The van der Waals surface area contributed by atoms with Gasteiger partial charge in [-0.1, -0.05) is 32.3 Å². The fourth-order valence-electron chi connectivity index (χ4n) is 1.70. The molecular formula is C13H25F3OSi. The number of unbranched alkanes of at least 4 members (excludes halogenated alkanes) is 2. The molecule has 0 aromatic rings. The van der Waals surface area contributed by atoms with Crippen molar-refractivity contribution in [1.29, 1.82) is 0 Å². The Morgan fingerprint density at radius 2 is 1.78 bits per heavy atom. The Bertz CT molecular complexity index is 244. The van der Waals surface area contributed by atoms with E-state index in [0.29, 0.717) is 12.5 Å². The molecule has 0 heterocycles. The van der Waals surface area contributed by atoms with Gasteiger partial charge in [0.05, 0.1) is 0 Å². The maximum atomic E-state index is 12.0. The topological polar surface area (TPSA) is 9.23 Å². The molecule has 0 N–H and O–H groups in total. The molecule has 0 amide bonds. The molecule has 1 nitrogen and oxygen atoms in total. The van der Waals surface area contributed by atoms with Crippen molar-refractivity contribution < 1.29 is 17.6 Å². The van der Waals surface area contributed by atoms with Crippen LogP contribution in [-0.2, 0) is 4.43 Å². The Morgan fingerprint density at radius 3 is 2.22 bits per heavy atom. The Hall–Kier alpha value is -0.293. The lowest BCUT2D eigenvalue weighted by atomic mass is 10.1. The Labute approximate surface area is 110 Å². The van der Waals surface area contributed by atoms with E-state index < -0.39 is 14.5 Å². The molecule has 0 bridgehead atoms. The van der Waals surface area contributed by atoms with E-state index in [-0.39, 0.29) is 6.10 Å². The van der Waals surface area contributed by atoms with Crippen LogP contribution in [0.4, 0.5) is 13.2 Å². The summed E-state index contributed by atoms with van der Waals surface area (Å²) in [5, 5.41) is 0. The molecule has 1 atom stereocenters. The van der Waals surface area contributed by atoms with Gasteiger partial charge in [0.15, 0.2) is 8.32 Å². The molecule has 0 radical (unpaired) electrons. The van der Waals surface area contributed by atoms with E-state index in [9.17, 15) is 13.2 Å². The highest BCUT2D eigenvalue weighted by atomic mass is 28.4. The van der Waals surface area contributed by atoms with Gasteiger partial charge in [-0.3, -0.25) is 0 Å². The van der Waals surface area contributed by atoms with Crippen LogP contribution in [0, 0.1) is 0 Å². The van der Waals surface area contributed by atoms with Crippen LogP contribution >= 0.6 is 0 Å². The van der Waals surface area contributed by atoms with E-state index in [1.807, 2.05) is 0 Å². The van der Waals surface area contributed by atoms with Crippen molar-refractivity contribution in [3.05, 3.63) is 12.2 Å². The largest absolute Gasteiger partial charge is 0.414 e. The summed E-state index contributed by atoms with van der Waals surface area (Å²) in [7, 11) is -1.69. The van der Waals surface area contributed by atoms with Gasteiger partial charge in [-0.2, -0.15) is 13.2 Å². The van der Waals surface area contributed by atoms with E-state index in [1.54, 1.807) is 0 Å². The van der Waals surface area contributed by atoms with Gasteiger partial charge in [0, 0.05) is 12.2 Å². The van der Waals surface area contributed by atoms with Gasteiger partial charge in [0.25, 0.3) is 0 Å². The monoisotopic (exact) mass is 282 g/mol. The van der Waals surface area contributed by atoms with Crippen LogP contribution in [0.3, 0.4) is 0 Å². The van der Waals surface area contributed by atoms with E-state index in [4.69, 9.17) is 4.43 Å². The highest BCUT2D eigenvalue weighted by Gasteiger charge is 2.23. The molecule has 18 heavy (non-hydrogen) atoms. The van der Waals surface area contributed by atoms with Crippen LogP contribution in [0.15, 0.2) is 12.2 Å². The van der Waals surface area contributed by atoms with Gasteiger partial charge in [-0.15, -0.1) is 0 Å². The van der Waals surface area contributed by atoms with Crippen LogP contribution in [0.2, 0.25) is 19.6 Å². The summed E-state index contributed by atoms with van der Waals surface area (Å²) in [5.41, 5.74) is 0. The van der Waals surface area contributed by atoms with Crippen LogP contribution in [0.1, 0.15) is 39.0 Å². The van der Waals surface area contributed by atoms with Crippen molar-refractivity contribution in [3.8, 4) is 0 Å². The smallest absolute Gasteiger partial charge is 0.409 e. The molecule has 0 aliphatic carbocycles. The van der Waals surface area contributed by atoms with Crippen molar-refractivity contribution in [1.82, 2.24) is 0 Å². The summed E-state index contributed by atoms with van der Waals surface area (Å²) in [6.07, 6.45) is 1.66. The van der Waals surface area contributed by atoms with E-state index in [2.05, 4.69) is 26.6 Å². The SMILES string of the molecule is CCCCCC(CC=CC(F)(F)F)O[Si](C)(C)C. The van der Waals surface area contributed by atoms with Gasteiger partial charge in [0.1, 0.15) is 0 Å². The predicted molar refractivity (Wildman–Crippen MR) is 72.2 cm³/mol. The minimum atomic E-state index is -4.22. The minimum Gasteiger partial charge on any atom is -0.414 e. The standard InChI is InChI=1S/C13H25F3OSi/c1-5-6-7-9-12(17-18(2,3)4)10-8-11-13(14,15)16/h8,11-12H,5-7,9-10H2,1-4H3. The summed E-state index contributed by atoms with van der Waals surface area (Å²) >= 11 is 0. The van der Waals surface area contributed by atoms with Crippen molar-refractivity contribution in [2.24, 2.45) is 0 Å². The number of allylic oxidation sites excluding steroid dienone is 1. The Kier molecular flexibility index (Phi) is 7.86. The van der Waals surface area contributed by atoms with Gasteiger partial charge < -0.3 is 4.43 Å². The van der Waals surface area contributed by atoms with Crippen LogP contribution in [-0.4, -0.2) is 20.6 Å². The van der Waals surface area contributed by atoms with E-state index in [0.717, 1.165) is 25.7 Å². The fraction of sp³-hybridized carbons (Fsp3) is 0.846. The predicted octanol–water partition coefficient (Wildman–Crippen LogP) is 5.30. The molecule has 0 aromatic heterocycles. The minimum absolute atomic E-state index is 0.0678. The van der Waals surface area contributed by atoms with Crippen LogP contribution in [0.25, 0.3) is 0 Å². The number of rotatable bonds is 8. The third-order valence-corrected chi connectivity index (χ3v) is 3.40. The first-order chi connectivity index (χ1) is 8.14. The van der Waals surface area contributed by atoms with Crippen molar-refractivity contribution >= 4 is 8.32 Å². The molecule has 0 saturated heterocycles. The van der Waals surface area contributed by atoms with Crippen molar-refractivity contribution in [2.75, 3.05) is 0 Å². The normalized spacial score (nSPS) is 15.3. The lowest BCUT2D eigenvalue weighted by Crippen LogP contribution is -2.31. The second kappa shape index (κ2) is 7.99. The third kappa shape index (κ3) is 12.2. The van der Waals surface area contributed by atoms with E-state index in [1.165, 1.54) is 6.08 Å². The molecule has 0 aliphatic rings. The molecule has 0 spiro atoms. The zero-order valence-electron chi connectivity index (χ0n) is 11.8. The number of hydrogen-bond acceptors (Lipinski definition) is 1. The quantitative estimate of drug-likeness (QED) is 0.334. The molecule has 0 rings (SSSR count). The highest BCUT2D eigenvalue weighted by molar-refractivity contribution is 6.69. The first-order valence-electron chi connectivity index (χ1n) is 6.56. The van der Waals surface area contributed by atoms with Crippen molar-refractivity contribution in [2.45, 2.75) is 70.9 Å². The number of halogens is 3. The van der Waals surface area contributed by atoms with Gasteiger partial charge in [-0.25, -0.2) is 0 Å². The lowest BCUT2D eigenvalue weighted by Gasteiger charge is -2.25. The first-order valence-corrected chi connectivity index (χ1v) is 9.97. The molecule has 0 fully saturated rings. The average Bonchev–Trinajstić information content (AvgIpc) is 2.13. The van der Waals surface area contributed by atoms with Gasteiger partial charge in [0.2, 0.25) is 0 Å². The maximum Gasteiger partial charge on any atom is 0.409 e. The molecule has 1 unspecified atom stereocenters. The third-order valence-electron chi connectivity index (χ3n) is 2.36. The van der Waals surface area contributed by atoms with Crippen LogP contribution in [0.5, 0.6) is 0 Å². The fourth-order valence-corrected chi connectivity index (χ4v) is 2.91. The summed E-state index contributed by atoms with van der Waals surface area (Å²) < 4.78 is 42.0. The van der Waals surface area contributed by atoms with Gasteiger partial charge >= 0.3 is 6.18 Å². The zero-order chi connectivity index (χ0) is 14.2. The Morgan fingerprint density at radius 1 is 1.17 bits per heavy atom. The second-order valence-corrected chi connectivity index (χ2v) is 9.99. The number of hydrogen-bond donors (Lipinski definition) is 0. The zero-order valence-corrected chi connectivity index (χ0v) is 12.8. The summed E-state index contributed by atoms with van der Waals surface area (Å²) in [5.74, 6) is 0.